The third kappa shape index (κ3) is 4.11. The van der Waals surface area contributed by atoms with E-state index in [4.69, 9.17) is 10.0 Å². The van der Waals surface area contributed by atoms with Crippen molar-refractivity contribution in [3.05, 3.63) is 29.8 Å². The summed E-state index contributed by atoms with van der Waals surface area (Å²) in [4.78, 5) is 0. The van der Waals surface area contributed by atoms with Gasteiger partial charge in [0.15, 0.2) is 0 Å². The second kappa shape index (κ2) is 6.69. The summed E-state index contributed by atoms with van der Waals surface area (Å²) in [6.07, 6.45) is 0.974. The number of hydrogen-bond donors (Lipinski definition) is 2. The van der Waals surface area contributed by atoms with Gasteiger partial charge in [0.05, 0.1) is 0 Å². The molecule has 1 aromatic rings. The van der Waals surface area contributed by atoms with Crippen LogP contribution in [0.15, 0.2) is 24.3 Å². The molecule has 0 bridgehead atoms. The zero-order valence-corrected chi connectivity index (χ0v) is 8.49. The first-order valence-electron chi connectivity index (χ1n) is 4.69. The first kappa shape index (κ1) is 12.2. The van der Waals surface area contributed by atoms with Crippen molar-refractivity contribution in [3.63, 3.8) is 0 Å². The van der Waals surface area contributed by atoms with Gasteiger partial charge in [0.25, 0.3) is 0 Å². The minimum absolute atomic E-state index is 0.544. The molecule has 1 aromatic carbocycles. The Morgan fingerprint density at radius 1 is 1.08 bits per heavy atom. The van der Waals surface area contributed by atoms with Crippen molar-refractivity contribution in [1.82, 2.24) is 0 Å². The zero-order chi connectivity index (χ0) is 10.3. The maximum absolute atomic E-state index is 8.74. The van der Waals surface area contributed by atoms with E-state index in [0.29, 0.717) is 5.46 Å². The van der Waals surface area contributed by atoms with Crippen molar-refractivity contribution in [1.29, 1.82) is 0 Å². The number of rotatable bonds is 2. The molecule has 0 fully saturated rings. The van der Waals surface area contributed by atoms with Crippen LogP contribution in [0.5, 0.6) is 0 Å². The summed E-state index contributed by atoms with van der Waals surface area (Å²) in [7, 11) is -1.35. The van der Waals surface area contributed by atoms with Crippen LogP contribution in [0.2, 0.25) is 0 Å². The molecule has 3 heteroatoms. The maximum atomic E-state index is 8.74. The second-order valence-corrected chi connectivity index (χ2v) is 2.47. The molecule has 0 heterocycles. The fraction of sp³-hybridized carbons (Fsp3) is 0.400. The quantitative estimate of drug-likeness (QED) is 0.665. The Morgan fingerprint density at radius 2 is 1.54 bits per heavy atom. The summed E-state index contributed by atoms with van der Waals surface area (Å²) in [5.74, 6) is 0. The van der Waals surface area contributed by atoms with Crippen molar-refractivity contribution in [3.8, 4) is 0 Å². The second-order valence-electron chi connectivity index (χ2n) is 2.47. The molecule has 0 spiro atoms. The standard InChI is InChI=1S/C8H11BO2.C2H6/c1-2-7-3-5-8(6-4-7)9(10)11;1-2/h3-6,10-11H,2H2,1H3;1-2H3. The highest BCUT2D eigenvalue weighted by Crippen LogP contribution is 1.96. The minimum Gasteiger partial charge on any atom is -0.423 e. The summed E-state index contributed by atoms with van der Waals surface area (Å²) in [6, 6.07) is 7.25. The lowest BCUT2D eigenvalue weighted by molar-refractivity contribution is 0.426. The van der Waals surface area contributed by atoms with Crippen molar-refractivity contribution in [2.24, 2.45) is 0 Å². The third-order valence-corrected chi connectivity index (χ3v) is 1.69. The van der Waals surface area contributed by atoms with Gasteiger partial charge in [0, 0.05) is 0 Å². The Bertz CT molecular complexity index is 219. The van der Waals surface area contributed by atoms with E-state index in [2.05, 4.69) is 6.92 Å². The number of aryl methyl sites for hydroxylation is 1. The van der Waals surface area contributed by atoms with Crippen LogP contribution in [0.3, 0.4) is 0 Å². The summed E-state index contributed by atoms with van der Waals surface area (Å²) in [5, 5.41) is 17.5. The Balaban J connectivity index is 0.000000671. The first-order chi connectivity index (χ1) is 6.24. The average Bonchev–Trinajstić information content (AvgIpc) is 2.21. The molecule has 0 saturated heterocycles. The molecule has 0 saturated carbocycles. The number of hydrogen-bond acceptors (Lipinski definition) is 2. The van der Waals surface area contributed by atoms with Crippen LogP contribution in [-0.4, -0.2) is 17.2 Å². The van der Waals surface area contributed by atoms with Crippen molar-refractivity contribution in [2.45, 2.75) is 27.2 Å². The molecule has 2 N–H and O–H groups in total. The molecule has 0 amide bonds. The molecule has 0 unspecified atom stereocenters. The fourth-order valence-electron chi connectivity index (χ4n) is 0.925. The molecular weight excluding hydrogens is 163 g/mol. The summed E-state index contributed by atoms with van der Waals surface area (Å²) >= 11 is 0. The van der Waals surface area contributed by atoms with E-state index in [1.807, 2.05) is 26.0 Å². The summed E-state index contributed by atoms with van der Waals surface area (Å²) in [6.45, 7) is 6.06. The zero-order valence-electron chi connectivity index (χ0n) is 8.49. The van der Waals surface area contributed by atoms with Crippen LogP contribution in [0.25, 0.3) is 0 Å². The molecule has 0 radical (unpaired) electrons. The lowest BCUT2D eigenvalue weighted by Gasteiger charge is -1.99. The topological polar surface area (TPSA) is 40.5 Å². The van der Waals surface area contributed by atoms with Crippen LogP contribution in [0.4, 0.5) is 0 Å². The van der Waals surface area contributed by atoms with E-state index < -0.39 is 7.12 Å². The molecule has 72 valence electrons. The normalized spacial score (nSPS) is 8.69. The first-order valence-corrected chi connectivity index (χ1v) is 4.69. The van der Waals surface area contributed by atoms with Crippen LogP contribution in [-0.2, 0) is 6.42 Å². The van der Waals surface area contributed by atoms with Gasteiger partial charge < -0.3 is 10.0 Å². The molecule has 2 nitrogen and oxygen atoms in total. The van der Waals surface area contributed by atoms with Crippen LogP contribution in [0.1, 0.15) is 26.3 Å². The van der Waals surface area contributed by atoms with Gasteiger partial charge in [0.2, 0.25) is 0 Å². The van der Waals surface area contributed by atoms with E-state index in [1.54, 1.807) is 12.1 Å². The van der Waals surface area contributed by atoms with Gasteiger partial charge in [-0.2, -0.15) is 0 Å². The van der Waals surface area contributed by atoms with Crippen molar-refractivity contribution < 1.29 is 10.0 Å². The third-order valence-electron chi connectivity index (χ3n) is 1.69. The largest absolute Gasteiger partial charge is 0.488 e. The van der Waals surface area contributed by atoms with Crippen LogP contribution < -0.4 is 5.46 Å². The SMILES string of the molecule is CC.CCc1ccc(B(O)O)cc1. The lowest BCUT2D eigenvalue weighted by atomic mass is 9.80. The van der Waals surface area contributed by atoms with E-state index in [1.165, 1.54) is 5.56 Å². The molecule has 0 aliphatic rings. The molecule has 13 heavy (non-hydrogen) atoms. The van der Waals surface area contributed by atoms with Crippen molar-refractivity contribution >= 4 is 12.6 Å². The molecule has 0 aliphatic heterocycles. The van der Waals surface area contributed by atoms with Gasteiger partial charge in [-0.05, 0) is 17.4 Å². The lowest BCUT2D eigenvalue weighted by Crippen LogP contribution is -2.29. The highest BCUT2D eigenvalue weighted by atomic mass is 16.4. The molecule has 0 aromatic heterocycles. The smallest absolute Gasteiger partial charge is 0.423 e. The predicted molar refractivity (Wildman–Crippen MR) is 57.0 cm³/mol. The van der Waals surface area contributed by atoms with Gasteiger partial charge in [-0.3, -0.25) is 0 Å². The van der Waals surface area contributed by atoms with Crippen LogP contribution in [0, 0.1) is 0 Å². The van der Waals surface area contributed by atoms with Gasteiger partial charge in [-0.25, -0.2) is 0 Å². The van der Waals surface area contributed by atoms with Gasteiger partial charge >= 0.3 is 7.12 Å². The monoisotopic (exact) mass is 180 g/mol. The molecule has 0 aliphatic carbocycles. The van der Waals surface area contributed by atoms with E-state index in [0.717, 1.165) is 6.42 Å². The van der Waals surface area contributed by atoms with Gasteiger partial charge in [-0.15, -0.1) is 0 Å². The molecule has 0 atom stereocenters. The highest BCUT2D eigenvalue weighted by molar-refractivity contribution is 6.58. The van der Waals surface area contributed by atoms with E-state index >= 15 is 0 Å². The van der Waals surface area contributed by atoms with Crippen LogP contribution >= 0.6 is 0 Å². The predicted octanol–water partition coefficient (Wildman–Crippen LogP) is 0.955. The Hall–Kier alpha value is -0.795. The molecule has 1 rings (SSSR count). The van der Waals surface area contributed by atoms with E-state index in [9.17, 15) is 0 Å². The van der Waals surface area contributed by atoms with Gasteiger partial charge in [0.1, 0.15) is 0 Å². The van der Waals surface area contributed by atoms with Crippen molar-refractivity contribution in [2.75, 3.05) is 0 Å². The Kier molecular flexibility index (Phi) is 6.28. The Morgan fingerprint density at radius 3 is 1.85 bits per heavy atom. The maximum Gasteiger partial charge on any atom is 0.488 e. The molecular formula is C10H17BO2. The summed E-state index contributed by atoms with van der Waals surface area (Å²) in [5.41, 5.74) is 1.75. The van der Waals surface area contributed by atoms with Gasteiger partial charge in [-0.1, -0.05) is 45.0 Å². The fourth-order valence-corrected chi connectivity index (χ4v) is 0.925. The summed E-state index contributed by atoms with van der Waals surface area (Å²) < 4.78 is 0. The minimum atomic E-state index is -1.35. The highest BCUT2D eigenvalue weighted by Gasteiger charge is 2.08. The average molecular weight is 180 g/mol. The Labute approximate surface area is 80.4 Å². The number of benzene rings is 1. The van der Waals surface area contributed by atoms with E-state index in [-0.39, 0.29) is 0 Å².